The van der Waals surface area contributed by atoms with Gasteiger partial charge in [-0.05, 0) is 36.8 Å². The second-order valence-electron chi connectivity index (χ2n) is 6.01. The Morgan fingerprint density at radius 3 is 2.54 bits per heavy atom. The van der Waals surface area contributed by atoms with Crippen LogP contribution in [0.4, 0.5) is 5.69 Å². The lowest BCUT2D eigenvalue weighted by atomic mass is 10.1. The summed E-state index contributed by atoms with van der Waals surface area (Å²) in [4.78, 5) is 23.7. The van der Waals surface area contributed by atoms with E-state index in [-0.39, 0.29) is 17.7 Å². The summed E-state index contributed by atoms with van der Waals surface area (Å²) in [6, 6.07) is 16.6. The summed E-state index contributed by atoms with van der Waals surface area (Å²) in [6.45, 7) is 2.06. The number of aromatic nitrogens is 3. The van der Waals surface area contributed by atoms with Crippen LogP contribution in [0, 0.1) is 0 Å². The van der Waals surface area contributed by atoms with Crippen LogP contribution in [0.15, 0.2) is 66.1 Å². The molecule has 0 aliphatic heterocycles. The van der Waals surface area contributed by atoms with Gasteiger partial charge in [0, 0.05) is 5.69 Å². The van der Waals surface area contributed by atoms with E-state index in [1.54, 1.807) is 30.6 Å². The Bertz CT molecular complexity index is 942. The molecule has 0 saturated carbocycles. The van der Waals surface area contributed by atoms with Gasteiger partial charge in [0.05, 0.1) is 24.5 Å². The average Bonchev–Trinajstić information content (AvgIpc) is 3.21. The first kappa shape index (κ1) is 19.6. The fourth-order valence-electron chi connectivity index (χ4n) is 2.63. The number of amides is 1. The molecular formula is C20H20N4O3S. The van der Waals surface area contributed by atoms with E-state index in [4.69, 9.17) is 0 Å². The topological polar surface area (TPSA) is 86.1 Å². The SMILES string of the molecule is COC(=O)c1ccc(NC(=O)CSc2nncn2[C@@H](C)c2ccccc2)cc1. The van der Waals surface area contributed by atoms with Crippen molar-refractivity contribution in [2.75, 3.05) is 18.2 Å². The third kappa shape index (κ3) is 4.77. The van der Waals surface area contributed by atoms with Gasteiger partial charge in [0.25, 0.3) is 0 Å². The molecular weight excluding hydrogens is 376 g/mol. The van der Waals surface area contributed by atoms with Crippen molar-refractivity contribution in [3.8, 4) is 0 Å². The van der Waals surface area contributed by atoms with Gasteiger partial charge in [0.1, 0.15) is 6.33 Å². The summed E-state index contributed by atoms with van der Waals surface area (Å²) in [5.41, 5.74) is 2.18. The molecule has 144 valence electrons. The zero-order chi connectivity index (χ0) is 19.9. The quantitative estimate of drug-likeness (QED) is 0.487. The van der Waals surface area contributed by atoms with E-state index in [9.17, 15) is 9.59 Å². The standard InChI is InChI=1S/C20H20N4O3S/c1-14(15-6-4-3-5-7-15)24-13-21-23-20(24)28-12-18(25)22-17-10-8-16(9-11-17)19(26)27-2/h3-11,13-14H,12H2,1-2H3,(H,22,25)/t14-/m0/s1. The van der Waals surface area contributed by atoms with Crippen molar-refractivity contribution in [1.29, 1.82) is 0 Å². The number of nitrogens with one attached hydrogen (secondary N) is 1. The predicted molar refractivity (Wildman–Crippen MR) is 107 cm³/mol. The summed E-state index contributed by atoms with van der Waals surface area (Å²) < 4.78 is 6.60. The number of rotatable bonds is 7. The largest absolute Gasteiger partial charge is 0.465 e. The van der Waals surface area contributed by atoms with Crippen LogP contribution in [-0.4, -0.2) is 39.5 Å². The Morgan fingerprint density at radius 2 is 1.86 bits per heavy atom. The molecule has 2 aromatic carbocycles. The highest BCUT2D eigenvalue weighted by atomic mass is 32.2. The molecule has 0 radical (unpaired) electrons. The number of methoxy groups -OCH3 is 1. The van der Waals surface area contributed by atoms with Crippen LogP contribution >= 0.6 is 11.8 Å². The summed E-state index contributed by atoms with van der Waals surface area (Å²) in [6.07, 6.45) is 1.67. The normalized spacial score (nSPS) is 11.6. The van der Waals surface area contributed by atoms with Crippen LogP contribution in [0.25, 0.3) is 0 Å². The number of thioether (sulfide) groups is 1. The Hall–Kier alpha value is -3.13. The average molecular weight is 396 g/mol. The number of nitrogens with zero attached hydrogens (tertiary/aromatic N) is 3. The lowest BCUT2D eigenvalue weighted by Crippen LogP contribution is -2.15. The first-order valence-corrected chi connectivity index (χ1v) is 9.62. The molecule has 0 unspecified atom stereocenters. The number of benzene rings is 2. The zero-order valence-corrected chi connectivity index (χ0v) is 16.3. The van der Waals surface area contributed by atoms with E-state index in [1.165, 1.54) is 18.9 Å². The van der Waals surface area contributed by atoms with Crippen molar-refractivity contribution in [3.63, 3.8) is 0 Å². The van der Waals surface area contributed by atoms with Gasteiger partial charge < -0.3 is 14.6 Å². The molecule has 28 heavy (non-hydrogen) atoms. The molecule has 0 aliphatic rings. The van der Waals surface area contributed by atoms with Crippen molar-refractivity contribution in [1.82, 2.24) is 14.8 Å². The molecule has 1 N–H and O–H groups in total. The molecule has 0 saturated heterocycles. The molecule has 7 nitrogen and oxygen atoms in total. The fourth-order valence-corrected chi connectivity index (χ4v) is 3.42. The second-order valence-corrected chi connectivity index (χ2v) is 6.96. The van der Waals surface area contributed by atoms with E-state index in [2.05, 4.69) is 27.2 Å². The van der Waals surface area contributed by atoms with Crippen molar-refractivity contribution in [2.45, 2.75) is 18.1 Å². The minimum atomic E-state index is -0.416. The number of ether oxygens (including phenoxy) is 1. The Morgan fingerprint density at radius 1 is 1.14 bits per heavy atom. The van der Waals surface area contributed by atoms with Gasteiger partial charge in [-0.3, -0.25) is 4.79 Å². The van der Waals surface area contributed by atoms with Gasteiger partial charge in [-0.25, -0.2) is 4.79 Å². The minimum absolute atomic E-state index is 0.0626. The highest BCUT2D eigenvalue weighted by Gasteiger charge is 2.15. The molecule has 0 fully saturated rings. The zero-order valence-electron chi connectivity index (χ0n) is 15.5. The van der Waals surface area contributed by atoms with Crippen LogP contribution in [0.3, 0.4) is 0 Å². The third-order valence-electron chi connectivity index (χ3n) is 4.16. The van der Waals surface area contributed by atoms with E-state index in [0.29, 0.717) is 16.4 Å². The number of hydrogen-bond acceptors (Lipinski definition) is 6. The lowest BCUT2D eigenvalue weighted by Gasteiger charge is -2.15. The molecule has 3 aromatic rings. The van der Waals surface area contributed by atoms with E-state index in [1.807, 2.05) is 34.9 Å². The predicted octanol–water partition coefficient (Wildman–Crippen LogP) is 3.40. The van der Waals surface area contributed by atoms with Gasteiger partial charge in [0.15, 0.2) is 5.16 Å². The van der Waals surface area contributed by atoms with Gasteiger partial charge in [-0.15, -0.1) is 10.2 Å². The Balaban J connectivity index is 1.58. The first-order chi connectivity index (χ1) is 13.6. The van der Waals surface area contributed by atoms with E-state index >= 15 is 0 Å². The van der Waals surface area contributed by atoms with Crippen LogP contribution < -0.4 is 5.32 Å². The number of carbonyl (C=O) groups is 2. The Kier molecular flexibility index (Phi) is 6.44. The minimum Gasteiger partial charge on any atom is -0.465 e. The monoisotopic (exact) mass is 396 g/mol. The summed E-state index contributed by atoms with van der Waals surface area (Å²) >= 11 is 1.32. The lowest BCUT2D eigenvalue weighted by molar-refractivity contribution is -0.113. The maximum atomic E-state index is 12.3. The molecule has 0 bridgehead atoms. The van der Waals surface area contributed by atoms with Crippen LogP contribution in [0.1, 0.15) is 28.9 Å². The van der Waals surface area contributed by atoms with Gasteiger partial charge >= 0.3 is 5.97 Å². The molecule has 1 heterocycles. The molecule has 1 amide bonds. The summed E-state index contributed by atoms with van der Waals surface area (Å²) in [5.74, 6) is -0.392. The molecule has 8 heteroatoms. The molecule has 0 aliphatic carbocycles. The van der Waals surface area contributed by atoms with Crippen LogP contribution in [0.5, 0.6) is 0 Å². The van der Waals surface area contributed by atoms with E-state index < -0.39 is 5.97 Å². The van der Waals surface area contributed by atoms with Gasteiger partial charge in [-0.2, -0.15) is 0 Å². The molecule has 3 rings (SSSR count). The molecule has 1 atom stereocenters. The van der Waals surface area contributed by atoms with Crippen LogP contribution in [-0.2, 0) is 9.53 Å². The van der Waals surface area contributed by atoms with Gasteiger partial charge in [-0.1, -0.05) is 42.1 Å². The maximum absolute atomic E-state index is 12.3. The number of anilines is 1. The van der Waals surface area contributed by atoms with Crippen molar-refractivity contribution < 1.29 is 14.3 Å². The third-order valence-corrected chi connectivity index (χ3v) is 5.12. The van der Waals surface area contributed by atoms with Crippen molar-refractivity contribution >= 4 is 29.3 Å². The number of esters is 1. The van der Waals surface area contributed by atoms with Crippen molar-refractivity contribution in [2.24, 2.45) is 0 Å². The second kappa shape index (κ2) is 9.18. The molecule has 0 spiro atoms. The highest BCUT2D eigenvalue weighted by molar-refractivity contribution is 7.99. The first-order valence-electron chi connectivity index (χ1n) is 8.64. The van der Waals surface area contributed by atoms with E-state index in [0.717, 1.165) is 5.56 Å². The fraction of sp³-hybridized carbons (Fsp3) is 0.200. The number of hydrogen-bond donors (Lipinski definition) is 1. The summed E-state index contributed by atoms with van der Waals surface area (Å²) in [7, 11) is 1.33. The smallest absolute Gasteiger partial charge is 0.337 e. The highest BCUT2D eigenvalue weighted by Crippen LogP contribution is 2.24. The maximum Gasteiger partial charge on any atom is 0.337 e. The number of carbonyl (C=O) groups excluding carboxylic acids is 2. The van der Waals surface area contributed by atoms with Crippen molar-refractivity contribution in [3.05, 3.63) is 72.1 Å². The summed E-state index contributed by atoms with van der Waals surface area (Å²) in [5, 5.41) is 11.6. The molecule has 1 aromatic heterocycles. The Labute approximate surface area is 167 Å². The van der Waals surface area contributed by atoms with Gasteiger partial charge in [0.2, 0.25) is 5.91 Å². The van der Waals surface area contributed by atoms with Crippen LogP contribution in [0.2, 0.25) is 0 Å².